The summed E-state index contributed by atoms with van der Waals surface area (Å²) in [4.78, 5) is 11.4. The quantitative estimate of drug-likeness (QED) is 0.717. The van der Waals surface area contributed by atoms with E-state index < -0.39 is 21.5 Å². The minimum absolute atomic E-state index is 0.257. The molecule has 0 aliphatic carbocycles. The molecule has 1 aliphatic rings. The summed E-state index contributed by atoms with van der Waals surface area (Å²) >= 11 is 0. The molecule has 1 heterocycles. The van der Waals surface area contributed by atoms with E-state index in [1.807, 2.05) is 6.92 Å². The second-order valence-corrected chi connectivity index (χ2v) is 5.69. The van der Waals surface area contributed by atoms with Crippen LogP contribution < -0.4 is 5.32 Å². The first-order valence-electron chi connectivity index (χ1n) is 4.54. The summed E-state index contributed by atoms with van der Waals surface area (Å²) in [5, 5.41) is 2.58. The van der Waals surface area contributed by atoms with E-state index in [9.17, 15) is 13.2 Å². The molecule has 2 rings (SSSR count). The van der Waals surface area contributed by atoms with Gasteiger partial charge in [-0.1, -0.05) is 6.07 Å². The predicted octanol–water partition coefficient (Wildman–Crippen LogP) is 1.03. The molecule has 1 aromatic rings. The van der Waals surface area contributed by atoms with Crippen LogP contribution in [0.1, 0.15) is 11.1 Å². The van der Waals surface area contributed by atoms with Crippen molar-refractivity contribution < 1.29 is 13.2 Å². The van der Waals surface area contributed by atoms with Crippen molar-refractivity contribution in [2.24, 2.45) is 0 Å². The van der Waals surface area contributed by atoms with Gasteiger partial charge in [0.05, 0.1) is 10.6 Å². The fraction of sp³-hybridized carbons (Fsp3) is 0.300. The normalized spacial score (nSPS) is 18.1. The topological polar surface area (TPSA) is 63.2 Å². The van der Waals surface area contributed by atoms with Crippen molar-refractivity contribution in [3.05, 3.63) is 23.3 Å². The van der Waals surface area contributed by atoms with Gasteiger partial charge in [-0.15, -0.1) is 0 Å². The van der Waals surface area contributed by atoms with Crippen LogP contribution in [0, 0.1) is 13.8 Å². The standard InChI is InChI=1S/C10H11NO3S/c1-6-3-7(2)10-8(4-6)11-9(12)5-15(10,13)14/h3-4H,5H2,1-2H3,(H,11,12). The Bertz CT molecular complexity index is 546. The van der Waals surface area contributed by atoms with Gasteiger partial charge in [-0.25, -0.2) is 8.42 Å². The van der Waals surface area contributed by atoms with Gasteiger partial charge in [0.1, 0.15) is 5.75 Å². The van der Waals surface area contributed by atoms with Gasteiger partial charge in [-0.2, -0.15) is 0 Å². The van der Waals surface area contributed by atoms with Gasteiger partial charge >= 0.3 is 0 Å². The lowest BCUT2D eigenvalue weighted by Gasteiger charge is -2.19. The maximum atomic E-state index is 11.8. The average Bonchev–Trinajstić information content (AvgIpc) is 1.97. The number of aryl methyl sites for hydroxylation is 2. The van der Waals surface area contributed by atoms with Gasteiger partial charge in [0.25, 0.3) is 0 Å². The second kappa shape index (κ2) is 3.06. The molecule has 0 saturated carbocycles. The molecule has 0 saturated heterocycles. The van der Waals surface area contributed by atoms with Crippen LogP contribution in [0.5, 0.6) is 0 Å². The molecule has 0 aromatic heterocycles. The number of anilines is 1. The van der Waals surface area contributed by atoms with Crippen molar-refractivity contribution >= 4 is 21.4 Å². The highest BCUT2D eigenvalue weighted by molar-refractivity contribution is 7.92. The molecular formula is C10H11NO3S. The van der Waals surface area contributed by atoms with Crippen LogP contribution in [0.15, 0.2) is 17.0 Å². The highest BCUT2D eigenvalue weighted by atomic mass is 32.2. The molecule has 0 radical (unpaired) electrons. The number of rotatable bonds is 0. The first-order chi connectivity index (χ1) is 6.90. The van der Waals surface area contributed by atoms with Gasteiger partial charge in [0.2, 0.25) is 5.91 Å². The molecule has 5 heteroatoms. The summed E-state index contributed by atoms with van der Waals surface area (Å²) in [5.41, 5.74) is 2.03. The van der Waals surface area contributed by atoms with Crippen molar-refractivity contribution in [3.8, 4) is 0 Å². The number of sulfone groups is 1. The molecule has 15 heavy (non-hydrogen) atoms. The lowest BCUT2D eigenvalue weighted by molar-refractivity contribution is -0.114. The Morgan fingerprint density at radius 2 is 1.93 bits per heavy atom. The third kappa shape index (κ3) is 1.63. The Kier molecular flexibility index (Phi) is 2.08. The van der Waals surface area contributed by atoms with E-state index in [4.69, 9.17) is 0 Å². The maximum Gasteiger partial charge on any atom is 0.239 e. The van der Waals surface area contributed by atoms with E-state index in [2.05, 4.69) is 5.32 Å². The lowest BCUT2D eigenvalue weighted by Crippen LogP contribution is -2.30. The van der Waals surface area contributed by atoms with Crippen molar-refractivity contribution in [3.63, 3.8) is 0 Å². The van der Waals surface area contributed by atoms with E-state index in [-0.39, 0.29) is 4.90 Å². The Morgan fingerprint density at radius 3 is 2.60 bits per heavy atom. The minimum atomic E-state index is -3.45. The number of fused-ring (bicyclic) bond motifs is 1. The zero-order chi connectivity index (χ0) is 11.2. The Morgan fingerprint density at radius 1 is 1.27 bits per heavy atom. The molecule has 0 fully saturated rings. The number of hydrogen-bond acceptors (Lipinski definition) is 3. The van der Waals surface area contributed by atoms with Gasteiger partial charge in [-0.3, -0.25) is 4.79 Å². The fourth-order valence-electron chi connectivity index (χ4n) is 1.89. The second-order valence-electron chi connectivity index (χ2n) is 3.77. The number of benzene rings is 1. The van der Waals surface area contributed by atoms with Crippen LogP contribution in [-0.4, -0.2) is 20.1 Å². The molecule has 0 spiro atoms. The summed E-state index contributed by atoms with van der Waals surface area (Å²) in [6.07, 6.45) is 0. The number of nitrogens with one attached hydrogen (secondary N) is 1. The summed E-state index contributed by atoms with van der Waals surface area (Å²) in [6, 6.07) is 3.48. The van der Waals surface area contributed by atoms with Crippen molar-refractivity contribution in [1.29, 1.82) is 0 Å². The Labute approximate surface area is 88.2 Å². The van der Waals surface area contributed by atoms with Crippen LogP contribution in [0.3, 0.4) is 0 Å². The van der Waals surface area contributed by atoms with E-state index in [1.165, 1.54) is 0 Å². The molecule has 1 N–H and O–H groups in total. The molecule has 80 valence electrons. The van der Waals surface area contributed by atoms with Crippen LogP contribution in [-0.2, 0) is 14.6 Å². The molecule has 0 bridgehead atoms. The van der Waals surface area contributed by atoms with Crippen molar-refractivity contribution in [2.45, 2.75) is 18.7 Å². The molecular weight excluding hydrogens is 214 g/mol. The minimum Gasteiger partial charge on any atom is -0.324 e. The SMILES string of the molecule is Cc1cc(C)c2c(c1)NC(=O)CS2(=O)=O. The van der Waals surface area contributed by atoms with Crippen LogP contribution in [0.25, 0.3) is 0 Å². The number of carbonyl (C=O) groups is 1. The van der Waals surface area contributed by atoms with E-state index >= 15 is 0 Å². The third-order valence-electron chi connectivity index (χ3n) is 2.33. The van der Waals surface area contributed by atoms with E-state index in [1.54, 1.807) is 19.1 Å². The van der Waals surface area contributed by atoms with Crippen molar-refractivity contribution in [2.75, 3.05) is 11.1 Å². The number of amides is 1. The van der Waals surface area contributed by atoms with E-state index in [0.29, 0.717) is 11.3 Å². The number of hydrogen-bond donors (Lipinski definition) is 1. The van der Waals surface area contributed by atoms with Gasteiger partial charge in [0.15, 0.2) is 9.84 Å². The molecule has 4 nitrogen and oxygen atoms in total. The third-order valence-corrected chi connectivity index (χ3v) is 4.13. The lowest BCUT2D eigenvalue weighted by atomic mass is 10.1. The molecule has 1 aromatic carbocycles. The monoisotopic (exact) mass is 225 g/mol. The van der Waals surface area contributed by atoms with Gasteiger partial charge < -0.3 is 5.32 Å². The van der Waals surface area contributed by atoms with Crippen LogP contribution in [0.4, 0.5) is 5.69 Å². The molecule has 0 atom stereocenters. The van der Waals surface area contributed by atoms with E-state index in [0.717, 1.165) is 5.56 Å². The summed E-state index contributed by atoms with van der Waals surface area (Å²) in [7, 11) is -3.45. The Balaban J connectivity index is 2.79. The smallest absolute Gasteiger partial charge is 0.239 e. The Hall–Kier alpha value is -1.36. The molecule has 0 unspecified atom stereocenters. The zero-order valence-electron chi connectivity index (χ0n) is 8.49. The van der Waals surface area contributed by atoms with Crippen LogP contribution >= 0.6 is 0 Å². The molecule has 1 aliphatic heterocycles. The van der Waals surface area contributed by atoms with Crippen LogP contribution in [0.2, 0.25) is 0 Å². The predicted molar refractivity (Wildman–Crippen MR) is 56.6 cm³/mol. The first-order valence-corrected chi connectivity index (χ1v) is 6.19. The largest absolute Gasteiger partial charge is 0.324 e. The number of carbonyl (C=O) groups excluding carboxylic acids is 1. The summed E-state index contributed by atoms with van der Waals surface area (Å²) in [6.45, 7) is 3.60. The van der Waals surface area contributed by atoms with Crippen molar-refractivity contribution in [1.82, 2.24) is 0 Å². The zero-order valence-corrected chi connectivity index (χ0v) is 9.31. The first kappa shape index (κ1) is 10.2. The highest BCUT2D eigenvalue weighted by Crippen LogP contribution is 2.30. The van der Waals surface area contributed by atoms with Gasteiger partial charge in [-0.05, 0) is 31.0 Å². The average molecular weight is 225 g/mol. The maximum absolute atomic E-state index is 11.8. The summed E-state index contributed by atoms with van der Waals surface area (Å²) < 4.78 is 23.5. The molecule has 1 amide bonds. The fourth-order valence-corrected chi connectivity index (χ4v) is 3.45. The summed E-state index contributed by atoms with van der Waals surface area (Å²) in [5.74, 6) is -0.920. The highest BCUT2D eigenvalue weighted by Gasteiger charge is 2.30. The van der Waals surface area contributed by atoms with Gasteiger partial charge in [0, 0.05) is 0 Å².